The van der Waals surface area contributed by atoms with Gasteiger partial charge in [0.1, 0.15) is 0 Å². The van der Waals surface area contributed by atoms with Gasteiger partial charge in [-0.05, 0) is 125 Å². The third-order valence-corrected chi connectivity index (χ3v) is 15.2. The van der Waals surface area contributed by atoms with E-state index < -0.39 is 0 Å². The summed E-state index contributed by atoms with van der Waals surface area (Å²) in [6.07, 6.45) is 0. The third kappa shape index (κ3) is 5.40. The maximum Gasteiger partial charge on any atom is 0.287 e. The molecule has 9 aromatic rings. The SMILES string of the molecule is c1ccc(N2c3ccccc3SB3c4cc5c(cc4N(c4ccccc4)c4cccc2c43)N(c2ccccc2)c2cccc3c2B5Sc2ccccc2N3c2ccccc2)cc1. The largest absolute Gasteiger partial charge is 0.311 e. The average molecular weight is 827 g/mol. The first-order valence-electron chi connectivity index (χ1n) is 21.2. The zero-order valence-corrected chi connectivity index (χ0v) is 35.2. The molecule has 0 aliphatic carbocycles. The maximum absolute atomic E-state index is 2.59. The first kappa shape index (κ1) is 35.7. The van der Waals surface area contributed by atoms with Gasteiger partial charge in [0.2, 0.25) is 0 Å². The molecule has 0 saturated heterocycles. The van der Waals surface area contributed by atoms with E-state index in [4.69, 9.17) is 0 Å². The van der Waals surface area contributed by atoms with E-state index in [1.54, 1.807) is 0 Å². The molecule has 0 unspecified atom stereocenters. The first-order valence-corrected chi connectivity index (χ1v) is 22.9. The second-order valence-corrected chi connectivity index (χ2v) is 18.3. The number of rotatable bonds is 4. The Balaban J connectivity index is 1.12. The molecule has 0 amide bonds. The summed E-state index contributed by atoms with van der Waals surface area (Å²) in [4.78, 5) is 12.5. The van der Waals surface area contributed by atoms with Crippen molar-refractivity contribution in [1.82, 2.24) is 0 Å². The highest BCUT2D eigenvalue weighted by molar-refractivity contribution is 8.28. The smallest absolute Gasteiger partial charge is 0.287 e. The molecule has 9 aromatic carbocycles. The monoisotopic (exact) mass is 826 g/mol. The minimum absolute atomic E-state index is 0.0158. The molecule has 4 aliphatic rings. The van der Waals surface area contributed by atoms with Crippen LogP contribution in [0, 0.1) is 0 Å². The van der Waals surface area contributed by atoms with Gasteiger partial charge in [-0.25, -0.2) is 0 Å². The molecule has 0 N–H and O–H groups in total. The number of nitrogens with zero attached hydrogens (tertiary/aromatic N) is 4. The van der Waals surface area contributed by atoms with Crippen LogP contribution in [0.4, 0.5) is 68.2 Å². The summed E-state index contributed by atoms with van der Waals surface area (Å²) in [6, 6.07) is 80.4. The van der Waals surface area contributed by atoms with Crippen LogP contribution in [0.25, 0.3) is 0 Å². The van der Waals surface area contributed by atoms with E-state index in [1.165, 1.54) is 77.1 Å². The summed E-state index contributed by atoms with van der Waals surface area (Å²) in [5, 5.41) is 0. The summed E-state index contributed by atoms with van der Waals surface area (Å²) in [5.74, 6) is 0.0315. The summed E-state index contributed by atoms with van der Waals surface area (Å²) < 4.78 is 0. The minimum atomic E-state index is 0.0158. The predicted octanol–water partition coefficient (Wildman–Crippen LogP) is 12.6. The van der Waals surface area contributed by atoms with E-state index in [1.807, 2.05) is 23.2 Å². The number of benzene rings is 9. The minimum Gasteiger partial charge on any atom is -0.311 e. The van der Waals surface area contributed by atoms with Crippen molar-refractivity contribution in [2.24, 2.45) is 0 Å². The Bertz CT molecular complexity index is 2980. The van der Waals surface area contributed by atoms with Crippen molar-refractivity contribution < 1.29 is 0 Å². The lowest BCUT2D eigenvalue weighted by Crippen LogP contribution is -2.54. The van der Waals surface area contributed by atoms with E-state index in [-0.39, 0.29) is 12.0 Å². The van der Waals surface area contributed by atoms with Gasteiger partial charge in [-0.15, -0.1) is 0 Å². The molecule has 0 bridgehead atoms. The van der Waals surface area contributed by atoms with Crippen molar-refractivity contribution in [1.29, 1.82) is 0 Å². The molecular formula is C54H36B2N4S2. The molecule has 62 heavy (non-hydrogen) atoms. The van der Waals surface area contributed by atoms with Crippen molar-refractivity contribution in [3.05, 3.63) is 218 Å². The fourth-order valence-corrected chi connectivity index (χ4v) is 12.8. The molecule has 13 rings (SSSR count). The highest BCUT2D eigenvalue weighted by Crippen LogP contribution is 2.52. The molecule has 0 spiro atoms. The van der Waals surface area contributed by atoms with Crippen LogP contribution in [-0.2, 0) is 0 Å². The molecule has 8 heteroatoms. The predicted molar refractivity (Wildman–Crippen MR) is 267 cm³/mol. The van der Waals surface area contributed by atoms with Gasteiger partial charge in [0.05, 0.1) is 11.4 Å². The molecule has 0 radical (unpaired) electrons. The summed E-state index contributed by atoms with van der Waals surface area (Å²) in [6.45, 7) is 0. The highest BCUT2D eigenvalue weighted by Gasteiger charge is 2.46. The van der Waals surface area contributed by atoms with Crippen molar-refractivity contribution in [2.45, 2.75) is 9.79 Å². The average Bonchev–Trinajstić information content (AvgIpc) is 3.58. The van der Waals surface area contributed by atoms with Crippen LogP contribution in [0.15, 0.2) is 228 Å². The van der Waals surface area contributed by atoms with Crippen LogP contribution in [0.2, 0.25) is 0 Å². The van der Waals surface area contributed by atoms with Crippen LogP contribution in [0.1, 0.15) is 0 Å². The van der Waals surface area contributed by atoms with Crippen molar-refractivity contribution >= 4 is 125 Å². The Morgan fingerprint density at radius 2 is 0.548 bits per heavy atom. The Hall–Kier alpha value is -6.99. The lowest BCUT2D eigenvalue weighted by atomic mass is 9.52. The Morgan fingerprint density at radius 1 is 0.258 bits per heavy atom. The Labute approximate surface area is 371 Å². The fourth-order valence-electron chi connectivity index (χ4n) is 10.1. The summed E-state index contributed by atoms with van der Waals surface area (Å²) in [5.41, 5.74) is 19.5. The zero-order valence-electron chi connectivity index (χ0n) is 33.5. The molecule has 0 atom stereocenters. The number of hydrogen-bond donors (Lipinski definition) is 0. The van der Waals surface area contributed by atoms with Crippen LogP contribution >= 0.6 is 23.2 Å². The van der Waals surface area contributed by atoms with Crippen molar-refractivity contribution in [2.75, 3.05) is 19.6 Å². The van der Waals surface area contributed by atoms with Gasteiger partial charge in [-0.1, -0.05) is 115 Å². The zero-order chi connectivity index (χ0) is 40.7. The normalized spacial score (nSPS) is 14.1. The quantitative estimate of drug-likeness (QED) is 0.163. The standard InChI is InChI=1S/C54H36B2N4S2/c1-5-19-37(20-6-1)57-43-27-13-15-33-51(43)61-55-41-35-42-50(36-49(41)59(39-23-9-3-10-24-39)47-31-17-29-45(57)53(47)55)60(40-25-11-4-12-26-40)48-32-18-30-46-54(48)56(42)62-52-34-16-14-28-44(52)58(46)38-21-7-2-8-22-38/h1-36H. The summed E-state index contributed by atoms with van der Waals surface area (Å²) in [7, 11) is 0. The van der Waals surface area contributed by atoms with Gasteiger partial charge in [0.15, 0.2) is 0 Å². The second kappa shape index (κ2) is 14.3. The fraction of sp³-hybridized carbons (Fsp3) is 0. The van der Waals surface area contributed by atoms with E-state index in [0.717, 1.165) is 22.7 Å². The number of fused-ring (bicyclic) bond motifs is 6. The topological polar surface area (TPSA) is 13.0 Å². The lowest BCUT2D eigenvalue weighted by molar-refractivity contribution is 1.23. The molecule has 4 nitrogen and oxygen atoms in total. The van der Waals surface area contributed by atoms with Crippen LogP contribution < -0.4 is 41.5 Å². The second-order valence-electron chi connectivity index (χ2n) is 16.0. The van der Waals surface area contributed by atoms with Gasteiger partial charge < -0.3 is 19.6 Å². The Kier molecular flexibility index (Phi) is 8.24. The lowest BCUT2D eigenvalue weighted by Gasteiger charge is -2.42. The van der Waals surface area contributed by atoms with Gasteiger partial charge in [-0.3, -0.25) is 0 Å². The molecule has 290 valence electrons. The van der Waals surface area contributed by atoms with Gasteiger partial charge >= 0.3 is 0 Å². The van der Waals surface area contributed by atoms with Crippen molar-refractivity contribution in [3.8, 4) is 0 Å². The molecule has 0 saturated carbocycles. The first-order chi connectivity index (χ1) is 30.8. The van der Waals surface area contributed by atoms with Crippen molar-refractivity contribution in [3.63, 3.8) is 0 Å². The number of anilines is 12. The number of para-hydroxylation sites is 6. The van der Waals surface area contributed by atoms with Crippen LogP contribution in [-0.4, -0.2) is 12.0 Å². The maximum atomic E-state index is 2.59. The molecule has 0 fully saturated rings. The highest BCUT2D eigenvalue weighted by atomic mass is 32.2. The van der Waals surface area contributed by atoms with Gasteiger partial charge in [-0.2, -0.15) is 23.2 Å². The van der Waals surface area contributed by atoms with Crippen LogP contribution in [0.3, 0.4) is 0 Å². The van der Waals surface area contributed by atoms with Gasteiger partial charge in [0.25, 0.3) is 12.0 Å². The molecular weight excluding hydrogens is 790 g/mol. The number of hydrogen-bond acceptors (Lipinski definition) is 6. The van der Waals surface area contributed by atoms with E-state index in [9.17, 15) is 0 Å². The third-order valence-electron chi connectivity index (χ3n) is 12.6. The van der Waals surface area contributed by atoms with E-state index >= 15 is 0 Å². The summed E-state index contributed by atoms with van der Waals surface area (Å²) >= 11 is 3.95. The molecule has 4 aliphatic heterocycles. The van der Waals surface area contributed by atoms with E-state index in [2.05, 4.69) is 238 Å². The van der Waals surface area contributed by atoms with Crippen LogP contribution in [0.5, 0.6) is 0 Å². The van der Waals surface area contributed by atoms with E-state index in [0.29, 0.717) is 0 Å². The Morgan fingerprint density at radius 3 is 0.903 bits per heavy atom. The molecule has 0 aromatic heterocycles. The molecule has 4 heterocycles. The van der Waals surface area contributed by atoms with Gasteiger partial charge in [0, 0.05) is 66.7 Å².